The Kier molecular flexibility index (Phi) is 4.26. The van der Waals surface area contributed by atoms with Crippen LogP contribution in [0.15, 0.2) is 36.4 Å². The molecule has 0 N–H and O–H groups in total. The third kappa shape index (κ3) is 3.17. The van der Waals surface area contributed by atoms with Gasteiger partial charge in [-0.15, -0.1) is 5.10 Å². The minimum Gasteiger partial charge on any atom is -0.353 e. The van der Waals surface area contributed by atoms with Crippen molar-refractivity contribution in [2.45, 2.75) is 19.3 Å². The van der Waals surface area contributed by atoms with Gasteiger partial charge >= 0.3 is 0 Å². The standard InChI is InChI=1S/C19H22N4O/c24-18(15-5-2-1-3-6-15)14-22-9-11-23(12-10-22)19-13-16-7-4-8-17(16)20-21-19/h1-3,5-6,13H,4,7-12,14H2. The van der Waals surface area contributed by atoms with Crippen molar-refractivity contribution in [1.29, 1.82) is 0 Å². The van der Waals surface area contributed by atoms with Crippen LogP contribution in [0.1, 0.15) is 28.0 Å². The average Bonchev–Trinajstić information content (AvgIpc) is 3.11. The second-order valence-corrected chi connectivity index (χ2v) is 6.58. The first-order valence-electron chi connectivity index (χ1n) is 8.70. The largest absolute Gasteiger partial charge is 0.353 e. The van der Waals surface area contributed by atoms with Gasteiger partial charge in [0.2, 0.25) is 0 Å². The van der Waals surface area contributed by atoms with E-state index in [0.29, 0.717) is 6.54 Å². The van der Waals surface area contributed by atoms with Crippen molar-refractivity contribution in [3.8, 4) is 0 Å². The van der Waals surface area contributed by atoms with Gasteiger partial charge < -0.3 is 4.90 Å². The van der Waals surface area contributed by atoms with E-state index in [4.69, 9.17) is 0 Å². The summed E-state index contributed by atoms with van der Waals surface area (Å²) < 4.78 is 0. The SMILES string of the molecule is O=C(CN1CCN(c2cc3c(nn2)CCC3)CC1)c1ccccc1. The Morgan fingerprint density at radius 3 is 2.58 bits per heavy atom. The van der Waals surface area contributed by atoms with E-state index in [-0.39, 0.29) is 5.78 Å². The van der Waals surface area contributed by atoms with Crippen LogP contribution in [-0.4, -0.2) is 53.6 Å². The second kappa shape index (κ2) is 6.69. The number of Topliss-reactive ketones (excluding diaryl/α,β-unsaturated/α-hetero) is 1. The van der Waals surface area contributed by atoms with Crippen LogP contribution in [0.3, 0.4) is 0 Å². The Bertz CT molecular complexity index is 723. The summed E-state index contributed by atoms with van der Waals surface area (Å²) >= 11 is 0. The van der Waals surface area contributed by atoms with Gasteiger partial charge in [0.1, 0.15) is 0 Å². The van der Waals surface area contributed by atoms with E-state index >= 15 is 0 Å². The molecule has 5 heteroatoms. The summed E-state index contributed by atoms with van der Waals surface area (Å²) in [6.07, 6.45) is 3.39. The monoisotopic (exact) mass is 322 g/mol. The fourth-order valence-corrected chi connectivity index (χ4v) is 3.53. The molecule has 124 valence electrons. The van der Waals surface area contributed by atoms with Crippen molar-refractivity contribution < 1.29 is 4.79 Å². The highest BCUT2D eigenvalue weighted by Crippen LogP contribution is 2.23. The van der Waals surface area contributed by atoms with E-state index in [1.165, 1.54) is 17.7 Å². The molecule has 5 nitrogen and oxygen atoms in total. The minimum absolute atomic E-state index is 0.196. The summed E-state index contributed by atoms with van der Waals surface area (Å²) in [5.41, 5.74) is 3.33. The molecule has 0 spiro atoms. The number of nitrogens with zero attached hydrogens (tertiary/aromatic N) is 4. The molecule has 0 radical (unpaired) electrons. The number of hydrogen-bond acceptors (Lipinski definition) is 5. The third-order valence-corrected chi connectivity index (χ3v) is 4.97. The number of aryl methyl sites for hydroxylation is 2. The van der Waals surface area contributed by atoms with Crippen LogP contribution in [0.25, 0.3) is 0 Å². The first-order chi connectivity index (χ1) is 11.8. The highest BCUT2D eigenvalue weighted by molar-refractivity contribution is 5.97. The molecule has 2 heterocycles. The molecule has 1 fully saturated rings. The van der Waals surface area contributed by atoms with Crippen LogP contribution in [0, 0.1) is 0 Å². The number of fused-ring (bicyclic) bond motifs is 1. The van der Waals surface area contributed by atoms with E-state index in [2.05, 4.69) is 26.1 Å². The maximum atomic E-state index is 12.3. The number of piperazine rings is 1. The van der Waals surface area contributed by atoms with E-state index in [9.17, 15) is 4.79 Å². The van der Waals surface area contributed by atoms with E-state index in [1.807, 2.05) is 30.3 Å². The molecule has 1 aliphatic heterocycles. The molecule has 0 amide bonds. The maximum Gasteiger partial charge on any atom is 0.176 e. The summed E-state index contributed by atoms with van der Waals surface area (Å²) in [7, 11) is 0. The molecule has 1 aromatic carbocycles. The van der Waals surface area contributed by atoms with Crippen LogP contribution in [-0.2, 0) is 12.8 Å². The highest BCUT2D eigenvalue weighted by Gasteiger charge is 2.22. The lowest BCUT2D eigenvalue weighted by Crippen LogP contribution is -2.48. The van der Waals surface area contributed by atoms with E-state index in [0.717, 1.165) is 50.4 Å². The summed E-state index contributed by atoms with van der Waals surface area (Å²) in [4.78, 5) is 16.8. The molecule has 2 aliphatic rings. The van der Waals surface area contributed by atoms with E-state index < -0.39 is 0 Å². The summed E-state index contributed by atoms with van der Waals surface area (Å²) in [5, 5.41) is 8.78. The Hall–Kier alpha value is -2.27. The zero-order valence-electron chi connectivity index (χ0n) is 13.8. The molecule has 24 heavy (non-hydrogen) atoms. The molecule has 2 aromatic rings. The van der Waals surface area contributed by atoms with Gasteiger partial charge in [-0.25, -0.2) is 0 Å². The molecule has 0 atom stereocenters. The van der Waals surface area contributed by atoms with Crippen molar-refractivity contribution in [3.63, 3.8) is 0 Å². The van der Waals surface area contributed by atoms with Crippen LogP contribution in [0.2, 0.25) is 0 Å². The van der Waals surface area contributed by atoms with Gasteiger partial charge in [0.05, 0.1) is 12.2 Å². The molecular weight excluding hydrogens is 300 g/mol. The Labute approximate surface area is 142 Å². The second-order valence-electron chi connectivity index (χ2n) is 6.58. The van der Waals surface area contributed by atoms with Crippen molar-refractivity contribution in [2.75, 3.05) is 37.6 Å². The number of ketones is 1. The lowest BCUT2D eigenvalue weighted by molar-refractivity contribution is 0.0926. The third-order valence-electron chi connectivity index (χ3n) is 4.97. The zero-order valence-corrected chi connectivity index (χ0v) is 13.8. The van der Waals surface area contributed by atoms with Crippen molar-refractivity contribution >= 4 is 11.6 Å². The van der Waals surface area contributed by atoms with Gasteiger partial charge in [-0.2, -0.15) is 5.10 Å². The lowest BCUT2D eigenvalue weighted by Gasteiger charge is -2.34. The van der Waals surface area contributed by atoms with Gasteiger partial charge in [0.25, 0.3) is 0 Å². The van der Waals surface area contributed by atoms with Gasteiger partial charge in [-0.05, 0) is 30.9 Å². The molecule has 0 unspecified atom stereocenters. The fraction of sp³-hybridized carbons (Fsp3) is 0.421. The van der Waals surface area contributed by atoms with Crippen LogP contribution in [0.5, 0.6) is 0 Å². The van der Waals surface area contributed by atoms with Crippen LogP contribution >= 0.6 is 0 Å². The first kappa shape index (κ1) is 15.3. The molecule has 1 aliphatic carbocycles. The van der Waals surface area contributed by atoms with E-state index in [1.54, 1.807) is 0 Å². The molecular formula is C19H22N4O. The van der Waals surface area contributed by atoms with Gasteiger partial charge in [0.15, 0.2) is 11.6 Å². The molecule has 0 saturated carbocycles. The number of carbonyl (C=O) groups is 1. The number of anilines is 1. The summed E-state index contributed by atoms with van der Waals surface area (Å²) in [6, 6.07) is 11.8. The maximum absolute atomic E-state index is 12.3. The number of carbonyl (C=O) groups excluding carboxylic acids is 1. The number of hydrogen-bond donors (Lipinski definition) is 0. The van der Waals surface area contributed by atoms with Crippen LogP contribution in [0.4, 0.5) is 5.82 Å². The number of rotatable bonds is 4. The lowest BCUT2D eigenvalue weighted by atomic mass is 10.1. The number of aromatic nitrogens is 2. The zero-order chi connectivity index (χ0) is 16.4. The molecule has 1 saturated heterocycles. The average molecular weight is 322 g/mol. The van der Waals surface area contributed by atoms with Crippen molar-refractivity contribution in [3.05, 3.63) is 53.2 Å². The topological polar surface area (TPSA) is 49.3 Å². The molecule has 4 rings (SSSR count). The smallest absolute Gasteiger partial charge is 0.176 e. The Morgan fingerprint density at radius 2 is 1.79 bits per heavy atom. The Morgan fingerprint density at radius 1 is 1.00 bits per heavy atom. The van der Waals surface area contributed by atoms with Crippen molar-refractivity contribution in [1.82, 2.24) is 15.1 Å². The predicted octanol–water partition coefficient (Wildman–Crippen LogP) is 1.97. The van der Waals surface area contributed by atoms with Gasteiger partial charge in [-0.1, -0.05) is 30.3 Å². The predicted molar refractivity (Wildman–Crippen MR) is 93.5 cm³/mol. The molecule has 1 aromatic heterocycles. The van der Waals surface area contributed by atoms with Crippen molar-refractivity contribution in [2.24, 2.45) is 0 Å². The minimum atomic E-state index is 0.196. The highest BCUT2D eigenvalue weighted by atomic mass is 16.1. The summed E-state index contributed by atoms with van der Waals surface area (Å²) in [5.74, 6) is 1.19. The molecule has 0 bridgehead atoms. The van der Waals surface area contributed by atoms with Gasteiger partial charge in [-0.3, -0.25) is 9.69 Å². The normalized spacial score (nSPS) is 17.8. The van der Waals surface area contributed by atoms with Crippen LogP contribution < -0.4 is 4.90 Å². The first-order valence-corrected chi connectivity index (χ1v) is 8.70. The van der Waals surface area contributed by atoms with Gasteiger partial charge in [0, 0.05) is 31.7 Å². The fourth-order valence-electron chi connectivity index (χ4n) is 3.53. The quantitative estimate of drug-likeness (QED) is 0.806. The Balaban J connectivity index is 1.34. The number of benzene rings is 1. The summed E-state index contributed by atoms with van der Waals surface area (Å²) in [6.45, 7) is 4.06.